The molecular weight excluding hydrogens is 525 g/mol. The van der Waals surface area contributed by atoms with Gasteiger partial charge in [0.05, 0.1) is 51.0 Å². The fraction of sp³-hybridized carbons (Fsp3) is 0.286. The summed E-state index contributed by atoms with van der Waals surface area (Å²) >= 11 is 0. The average Bonchev–Trinajstić information content (AvgIpc) is 3.27. The monoisotopic (exact) mass is 551 g/mol. The zero-order valence-electron chi connectivity index (χ0n) is 22.4. The summed E-state index contributed by atoms with van der Waals surface area (Å²) in [5.41, 5.74) is -0.242. The molecule has 1 aromatic heterocycles. The summed E-state index contributed by atoms with van der Waals surface area (Å²) in [6, 6.07) is 10.1. The van der Waals surface area contributed by atoms with Crippen molar-refractivity contribution in [1.82, 2.24) is 14.8 Å². The Balaban J connectivity index is 2.01. The summed E-state index contributed by atoms with van der Waals surface area (Å²) in [6.45, 7) is 2.01. The number of halogens is 3. The molecule has 0 aliphatic carbocycles. The summed E-state index contributed by atoms with van der Waals surface area (Å²) in [7, 11) is 7.05. The summed E-state index contributed by atoms with van der Waals surface area (Å²) in [6.07, 6.45) is -4.62. The number of hydrogen-bond donors (Lipinski definition) is 1. The SMILES string of the molecule is COC(=O)C1=C(C)N(c2cccc(C(F)(F)F)c2)c2n[nH]c(=O)n2C1c1ccc(C#N)cc1C#CC[N+](C)(C)C. The Morgan fingerprint density at radius 2 is 1.93 bits per heavy atom. The first-order valence-corrected chi connectivity index (χ1v) is 12.0. The van der Waals surface area contributed by atoms with Gasteiger partial charge in [-0.3, -0.25) is 4.90 Å². The van der Waals surface area contributed by atoms with E-state index in [1.807, 2.05) is 21.1 Å². The van der Waals surface area contributed by atoms with Crippen molar-refractivity contribution in [2.75, 3.05) is 39.7 Å². The first-order chi connectivity index (χ1) is 18.8. The van der Waals surface area contributed by atoms with Crippen molar-refractivity contribution in [3.63, 3.8) is 0 Å². The lowest BCUT2D eigenvalue weighted by atomic mass is 9.90. The first-order valence-electron chi connectivity index (χ1n) is 12.0. The minimum atomic E-state index is -4.62. The van der Waals surface area contributed by atoms with E-state index in [2.05, 4.69) is 28.1 Å². The van der Waals surface area contributed by atoms with Crippen molar-refractivity contribution >= 4 is 17.6 Å². The number of alkyl halides is 3. The molecule has 1 atom stereocenters. The number of hydrogen-bond acceptors (Lipinski definition) is 6. The van der Waals surface area contributed by atoms with Crippen LogP contribution < -0.4 is 10.6 Å². The van der Waals surface area contributed by atoms with E-state index in [-0.39, 0.29) is 22.9 Å². The number of H-pyrrole nitrogens is 1. The Hall–Kier alpha value is -4.81. The predicted molar refractivity (Wildman–Crippen MR) is 140 cm³/mol. The number of methoxy groups -OCH3 is 1. The highest BCUT2D eigenvalue weighted by Gasteiger charge is 2.41. The van der Waals surface area contributed by atoms with Gasteiger partial charge in [0, 0.05) is 16.9 Å². The van der Waals surface area contributed by atoms with Crippen LogP contribution in [0.5, 0.6) is 0 Å². The number of nitriles is 1. The van der Waals surface area contributed by atoms with Crippen LogP contribution in [0.15, 0.2) is 58.5 Å². The number of carbonyl (C=O) groups excluding carboxylic acids is 1. The number of esters is 1. The lowest BCUT2D eigenvalue weighted by Crippen LogP contribution is -2.38. The van der Waals surface area contributed by atoms with Gasteiger partial charge < -0.3 is 9.22 Å². The van der Waals surface area contributed by atoms with Crippen molar-refractivity contribution < 1.29 is 27.2 Å². The van der Waals surface area contributed by atoms with E-state index < -0.39 is 29.4 Å². The molecule has 1 unspecified atom stereocenters. The van der Waals surface area contributed by atoms with Crippen molar-refractivity contribution in [3.05, 3.63) is 86.5 Å². The normalized spacial score (nSPS) is 15.2. The van der Waals surface area contributed by atoms with Crippen molar-refractivity contribution in [3.8, 4) is 17.9 Å². The minimum Gasteiger partial charge on any atom is -0.466 e. The molecule has 40 heavy (non-hydrogen) atoms. The lowest BCUT2D eigenvalue weighted by Gasteiger charge is -2.35. The molecule has 1 N–H and O–H groups in total. The van der Waals surface area contributed by atoms with Crippen LogP contribution in [-0.2, 0) is 15.7 Å². The van der Waals surface area contributed by atoms with E-state index in [1.54, 1.807) is 12.1 Å². The molecule has 0 saturated heterocycles. The standard InChI is InChI=1S/C28H25F3N6O3/c1-17-23(25(38)40-5)24(22-12-11-18(16-32)14-19(22)8-7-13-37(2,3)4)36-26(33-34-27(36)39)35(17)21-10-6-9-20(15-21)28(29,30)31/h6,9-12,14-15,24H,13H2,1-5H3/p+1. The Kier molecular flexibility index (Phi) is 7.33. The zero-order valence-corrected chi connectivity index (χ0v) is 22.4. The molecule has 4 rings (SSSR count). The van der Waals surface area contributed by atoms with Gasteiger partial charge in [0.1, 0.15) is 12.6 Å². The molecule has 1 aliphatic rings. The van der Waals surface area contributed by atoms with Gasteiger partial charge >= 0.3 is 17.8 Å². The Bertz CT molecular complexity index is 1680. The van der Waals surface area contributed by atoms with Gasteiger partial charge in [0.2, 0.25) is 5.95 Å². The first kappa shape index (κ1) is 28.2. The van der Waals surface area contributed by atoms with E-state index in [9.17, 15) is 28.0 Å². The second-order valence-corrected chi connectivity index (χ2v) is 10.1. The van der Waals surface area contributed by atoms with Gasteiger partial charge in [-0.25, -0.2) is 19.3 Å². The third-order valence-electron chi connectivity index (χ3n) is 6.23. The smallest absolute Gasteiger partial charge is 0.416 e. The molecule has 0 fully saturated rings. The number of nitrogens with one attached hydrogen (secondary N) is 1. The average molecular weight is 552 g/mol. The van der Waals surface area contributed by atoms with Gasteiger partial charge in [-0.1, -0.05) is 18.1 Å². The third kappa shape index (κ3) is 5.35. The van der Waals surface area contributed by atoms with Crippen LogP contribution in [0.2, 0.25) is 0 Å². The van der Waals surface area contributed by atoms with E-state index >= 15 is 0 Å². The topological polar surface area (TPSA) is 104 Å². The Morgan fingerprint density at radius 3 is 2.55 bits per heavy atom. The molecule has 0 spiro atoms. The molecule has 1 aliphatic heterocycles. The van der Waals surface area contributed by atoms with E-state index in [0.717, 1.165) is 12.1 Å². The van der Waals surface area contributed by atoms with Crippen molar-refractivity contribution in [1.29, 1.82) is 5.26 Å². The van der Waals surface area contributed by atoms with E-state index in [4.69, 9.17) is 4.74 Å². The number of rotatable bonds is 4. The van der Waals surface area contributed by atoms with Crippen LogP contribution in [0, 0.1) is 23.2 Å². The summed E-state index contributed by atoms with van der Waals surface area (Å²) < 4.78 is 47.4. The van der Waals surface area contributed by atoms with Crippen LogP contribution in [0.4, 0.5) is 24.8 Å². The summed E-state index contributed by atoms with van der Waals surface area (Å²) in [4.78, 5) is 27.7. The zero-order chi connectivity index (χ0) is 29.4. The molecule has 3 aromatic rings. The number of ether oxygens (including phenoxy) is 1. The fourth-order valence-electron chi connectivity index (χ4n) is 4.42. The molecule has 0 saturated carbocycles. The molecule has 2 aromatic carbocycles. The van der Waals surface area contributed by atoms with Crippen molar-refractivity contribution in [2.24, 2.45) is 0 Å². The second kappa shape index (κ2) is 10.4. The van der Waals surface area contributed by atoms with Gasteiger partial charge in [-0.2, -0.15) is 18.4 Å². The quantitative estimate of drug-likeness (QED) is 0.301. The van der Waals surface area contributed by atoms with Gasteiger partial charge in [-0.05, 0) is 48.7 Å². The molecule has 206 valence electrons. The van der Waals surface area contributed by atoms with Gasteiger partial charge in [-0.15, -0.1) is 5.10 Å². The number of anilines is 2. The highest BCUT2D eigenvalue weighted by atomic mass is 19.4. The Morgan fingerprint density at radius 1 is 1.20 bits per heavy atom. The highest BCUT2D eigenvalue weighted by Crippen LogP contribution is 2.43. The summed E-state index contributed by atoms with van der Waals surface area (Å²) in [5.74, 6) is 5.32. The number of benzene rings is 2. The van der Waals surface area contributed by atoms with Crippen LogP contribution in [0.3, 0.4) is 0 Å². The molecule has 9 nitrogen and oxygen atoms in total. The number of carbonyl (C=O) groups is 1. The second-order valence-electron chi connectivity index (χ2n) is 10.1. The van der Waals surface area contributed by atoms with Crippen LogP contribution in [-0.4, -0.2) is 60.0 Å². The maximum Gasteiger partial charge on any atom is 0.416 e. The van der Waals surface area contributed by atoms with Gasteiger partial charge in [0.15, 0.2) is 0 Å². The summed E-state index contributed by atoms with van der Waals surface area (Å²) in [5, 5.41) is 16.0. The maximum absolute atomic E-state index is 13.5. The predicted octanol–water partition coefficient (Wildman–Crippen LogP) is 3.71. The molecule has 12 heteroatoms. The number of aromatic amines is 1. The fourth-order valence-corrected chi connectivity index (χ4v) is 4.42. The van der Waals surface area contributed by atoms with Crippen LogP contribution in [0.25, 0.3) is 0 Å². The number of fused-ring (bicyclic) bond motifs is 1. The highest BCUT2D eigenvalue weighted by molar-refractivity contribution is 5.93. The largest absolute Gasteiger partial charge is 0.466 e. The number of nitrogens with zero attached hydrogens (tertiary/aromatic N) is 5. The van der Waals surface area contributed by atoms with E-state index in [1.165, 1.54) is 41.7 Å². The van der Waals surface area contributed by atoms with Gasteiger partial charge in [0.25, 0.3) is 0 Å². The molecule has 0 bridgehead atoms. The minimum absolute atomic E-state index is 0.00438. The van der Waals surface area contributed by atoms with Crippen molar-refractivity contribution in [2.45, 2.75) is 19.1 Å². The molecular formula is C28H26F3N6O3+. The van der Waals surface area contributed by atoms with E-state index in [0.29, 0.717) is 27.7 Å². The molecule has 0 radical (unpaired) electrons. The number of allylic oxidation sites excluding steroid dienone is 1. The Labute approximate surface area is 228 Å². The lowest BCUT2D eigenvalue weighted by molar-refractivity contribution is -0.862. The number of aromatic nitrogens is 3. The van der Waals surface area contributed by atoms with Crippen LogP contribution >= 0.6 is 0 Å². The maximum atomic E-state index is 13.5. The molecule has 2 heterocycles. The third-order valence-corrected chi connectivity index (χ3v) is 6.23. The molecule has 0 amide bonds. The number of quaternary nitrogens is 1. The van der Waals surface area contributed by atoms with Crippen LogP contribution in [0.1, 0.15) is 35.2 Å².